The van der Waals surface area contributed by atoms with E-state index in [1.807, 2.05) is 6.92 Å². The van der Waals surface area contributed by atoms with Gasteiger partial charge in [-0.15, -0.1) is 0 Å². The summed E-state index contributed by atoms with van der Waals surface area (Å²) in [5, 5.41) is 7.22. The average Bonchev–Trinajstić information content (AvgIpc) is 2.88. The summed E-state index contributed by atoms with van der Waals surface area (Å²) in [6, 6.07) is 0.618. The fourth-order valence-electron chi connectivity index (χ4n) is 2.21. The van der Waals surface area contributed by atoms with Gasteiger partial charge in [0.1, 0.15) is 0 Å². The van der Waals surface area contributed by atoms with E-state index in [-0.39, 0.29) is 0 Å². The molecular formula is C11H20N4O. The van der Waals surface area contributed by atoms with Crippen molar-refractivity contribution in [1.82, 2.24) is 20.4 Å². The van der Waals surface area contributed by atoms with Crippen molar-refractivity contribution in [2.75, 3.05) is 19.6 Å². The summed E-state index contributed by atoms with van der Waals surface area (Å²) in [7, 11) is 0. The lowest BCUT2D eigenvalue weighted by Gasteiger charge is -2.26. The van der Waals surface area contributed by atoms with Crippen LogP contribution in [0.25, 0.3) is 0 Å². The van der Waals surface area contributed by atoms with Gasteiger partial charge in [-0.1, -0.05) is 12.1 Å². The van der Waals surface area contributed by atoms with Crippen molar-refractivity contribution >= 4 is 0 Å². The van der Waals surface area contributed by atoms with Crippen molar-refractivity contribution in [3.63, 3.8) is 0 Å². The van der Waals surface area contributed by atoms with E-state index in [2.05, 4.69) is 27.3 Å². The van der Waals surface area contributed by atoms with Crippen LogP contribution in [-0.4, -0.2) is 40.7 Å². The summed E-state index contributed by atoms with van der Waals surface area (Å²) < 4.78 is 5.18. The van der Waals surface area contributed by atoms with E-state index >= 15 is 0 Å². The Morgan fingerprint density at radius 2 is 2.44 bits per heavy atom. The molecule has 1 aliphatic heterocycles. The van der Waals surface area contributed by atoms with Crippen LogP contribution in [0, 0.1) is 6.92 Å². The summed E-state index contributed by atoms with van der Waals surface area (Å²) in [5.74, 6) is 1.45. The smallest absolute Gasteiger partial charge is 0.240 e. The van der Waals surface area contributed by atoms with Crippen LogP contribution in [0.5, 0.6) is 0 Å². The zero-order valence-electron chi connectivity index (χ0n) is 10.1. The highest BCUT2D eigenvalue weighted by Crippen LogP contribution is 2.12. The third-order valence-corrected chi connectivity index (χ3v) is 2.97. The Morgan fingerprint density at radius 3 is 3.00 bits per heavy atom. The number of rotatable bonds is 5. The second kappa shape index (κ2) is 5.41. The van der Waals surface area contributed by atoms with Gasteiger partial charge in [-0.2, -0.15) is 4.98 Å². The summed E-state index contributed by atoms with van der Waals surface area (Å²) in [6.45, 7) is 8.12. The van der Waals surface area contributed by atoms with Gasteiger partial charge < -0.3 is 9.84 Å². The summed E-state index contributed by atoms with van der Waals surface area (Å²) in [6.07, 6.45) is 2.37. The molecule has 1 aromatic heterocycles. The van der Waals surface area contributed by atoms with Gasteiger partial charge in [-0.05, 0) is 32.9 Å². The first-order valence-electron chi connectivity index (χ1n) is 6.03. The van der Waals surface area contributed by atoms with Crippen LogP contribution in [0.15, 0.2) is 4.52 Å². The highest BCUT2D eigenvalue weighted by Gasteiger charge is 2.23. The zero-order chi connectivity index (χ0) is 11.4. The Morgan fingerprint density at radius 1 is 1.56 bits per heavy atom. The topological polar surface area (TPSA) is 54.2 Å². The molecule has 1 saturated heterocycles. The molecular weight excluding hydrogens is 204 g/mol. The Labute approximate surface area is 96.2 Å². The zero-order valence-corrected chi connectivity index (χ0v) is 10.1. The monoisotopic (exact) mass is 224 g/mol. The van der Waals surface area contributed by atoms with Gasteiger partial charge in [0, 0.05) is 12.6 Å². The average molecular weight is 224 g/mol. The van der Waals surface area contributed by atoms with Gasteiger partial charge in [0.15, 0.2) is 5.82 Å². The molecule has 0 amide bonds. The highest BCUT2D eigenvalue weighted by atomic mass is 16.5. The Hall–Kier alpha value is -0.940. The van der Waals surface area contributed by atoms with E-state index in [1.165, 1.54) is 6.42 Å². The molecule has 1 fully saturated rings. The van der Waals surface area contributed by atoms with Crippen LogP contribution in [0.1, 0.15) is 31.5 Å². The quantitative estimate of drug-likeness (QED) is 0.807. The molecule has 1 aromatic rings. The predicted molar refractivity (Wildman–Crippen MR) is 61.0 cm³/mol. The summed E-state index contributed by atoms with van der Waals surface area (Å²) >= 11 is 0. The van der Waals surface area contributed by atoms with Gasteiger partial charge in [-0.3, -0.25) is 4.90 Å². The van der Waals surface area contributed by atoms with Gasteiger partial charge in [0.05, 0.1) is 6.54 Å². The normalized spacial score (nSPS) is 20.8. The van der Waals surface area contributed by atoms with Crippen LogP contribution in [0.4, 0.5) is 0 Å². The second-order valence-electron chi connectivity index (χ2n) is 4.35. The van der Waals surface area contributed by atoms with Crippen LogP contribution in [-0.2, 0) is 6.54 Å². The van der Waals surface area contributed by atoms with E-state index in [0.717, 1.165) is 44.3 Å². The van der Waals surface area contributed by atoms with E-state index in [9.17, 15) is 0 Å². The molecule has 1 unspecified atom stereocenters. The summed E-state index contributed by atoms with van der Waals surface area (Å²) in [4.78, 5) is 6.70. The number of hydrogen-bond donors (Lipinski definition) is 1. The number of aromatic nitrogens is 2. The third-order valence-electron chi connectivity index (χ3n) is 2.97. The molecule has 2 heterocycles. The first kappa shape index (κ1) is 11.5. The molecule has 0 saturated carbocycles. The van der Waals surface area contributed by atoms with Gasteiger partial charge in [0.2, 0.25) is 5.89 Å². The molecule has 5 heteroatoms. The number of hydrogen-bond acceptors (Lipinski definition) is 5. The SMILES string of the molecule is CCCN(Cc1nc(C)no1)C1CCNC1. The number of aryl methyl sites for hydroxylation is 1. The maximum atomic E-state index is 5.18. The van der Waals surface area contributed by atoms with E-state index in [0.29, 0.717) is 6.04 Å². The first-order valence-corrected chi connectivity index (χ1v) is 6.03. The lowest BCUT2D eigenvalue weighted by Crippen LogP contribution is -2.37. The lowest BCUT2D eigenvalue weighted by atomic mass is 10.2. The van der Waals surface area contributed by atoms with Crippen molar-refractivity contribution in [3.05, 3.63) is 11.7 Å². The van der Waals surface area contributed by atoms with Crippen molar-refractivity contribution in [2.45, 2.75) is 39.3 Å². The first-order chi connectivity index (χ1) is 7.79. The molecule has 0 spiro atoms. The van der Waals surface area contributed by atoms with Gasteiger partial charge in [0.25, 0.3) is 0 Å². The number of nitrogens with zero attached hydrogens (tertiary/aromatic N) is 3. The third kappa shape index (κ3) is 2.80. The van der Waals surface area contributed by atoms with Crippen molar-refractivity contribution < 1.29 is 4.52 Å². The minimum absolute atomic E-state index is 0.618. The van der Waals surface area contributed by atoms with Crippen LogP contribution in [0.2, 0.25) is 0 Å². The maximum absolute atomic E-state index is 5.18. The molecule has 90 valence electrons. The fraction of sp³-hybridized carbons (Fsp3) is 0.818. The molecule has 16 heavy (non-hydrogen) atoms. The van der Waals surface area contributed by atoms with Crippen LogP contribution < -0.4 is 5.32 Å². The predicted octanol–water partition coefficient (Wildman–Crippen LogP) is 0.952. The molecule has 0 aromatic carbocycles. The Kier molecular flexibility index (Phi) is 3.90. The Balaban J connectivity index is 1.96. The molecule has 5 nitrogen and oxygen atoms in total. The highest BCUT2D eigenvalue weighted by molar-refractivity contribution is 4.87. The van der Waals surface area contributed by atoms with Crippen molar-refractivity contribution in [1.29, 1.82) is 0 Å². The minimum Gasteiger partial charge on any atom is -0.338 e. The van der Waals surface area contributed by atoms with Gasteiger partial charge >= 0.3 is 0 Å². The largest absolute Gasteiger partial charge is 0.338 e. The van der Waals surface area contributed by atoms with Crippen LogP contribution in [0.3, 0.4) is 0 Å². The molecule has 2 rings (SSSR count). The number of nitrogens with one attached hydrogen (secondary N) is 1. The van der Waals surface area contributed by atoms with Crippen molar-refractivity contribution in [3.8, 4) is 0 Å². The van der Waals surface area contributed by atoms with Crippen LogP contribution >= 0.6 is 0 Å². The maximum Gasteiger partial charge on any atom is 0.240 e. The Bertz CT molecular complexity index is 320. The van der Waals surface area contributed by atoms with E-state index in [4.69, 9.17) is 4.52 Å². The van der Waals surface area contributed by atoms with Crippen molar-refractivity contribution in [2.24, 2.45) is 0 Å². The second-order valence-corrected chi connectivity index (χ2v) is 4.35. The molecule has 1 atom stereocenters. The fourth-order valence-corrected chi connectivity index (χ4v) is 2.21. The molecule has 0 aliphatic carbocycles. The molecule has 1 aliphatic rings. The standard InChI is InChI=1S/C11H20N4O/c1-3-6-15(10-4-5-12-7-10)8-11-13-9(2)14-16-11/h10,12H,3-8H2,1-2H3. The molecule has 0 bridgehead atoms. The van der Waals surface area contributed by atoms with E-state index in [1.54, 1.807) is 0 Å². The lowest BCUT2D eigenvalue weighted by molar-refractivity contribution is 0.174. The minimum atomic E-state index is 0.618. The molecule has 0 radical (unpaired) electrons. The van der Waals surface area contributed by atoms with E-state index < -0.39 is 0 Å². The summed E-state index contributed by atoms with van der Waals surface area (Å²) in [5.41, 5.74) is 0. The van der Waals surface area contributed by atoms with Gasteiger partial charge in [-0.25, -0.2) is 0 Å². The molecule has 1 N–H and O–H groups in total.